The molecule has 1 aromatic carbocycles. The number of nitrogens with one attached hydrogen (secondary N) is 1. The summed E-state index contributed by atoms with van der Waals surface area (Å²) in [5, 5.41) is 11.3. The van der Waals surface area contributed by atoms with Gasteiger partial charge in [0.2, 0.25) is 0 Å². The first-order chi connectivity index (χ1) is 8.25. The van der Waals surface area contributed by atoms with Crippen LogP contribution < -0.4 is 5.32 Å². The molecule has 1 saturated carbocycles. The van der Waals surface area contributed by atoms with Crippen LogP contribution in [0.1, 0.15) is 23.2 Å². The van der Waals surface area contributed by atoms with Crippen LogP contribution in [0, 0.1) is 0 Å². The second-order valence-corrected chi connectivity index (χ2v) is 5.12. The van der Waals surface area contributed by atoms with Gasteiger partial charge in [0.1, 0.15) is 5.54 Å². The highest BCUT2D eigenvalue weighted by Crippen LogP contribution is 2.51. The second kappa shape index (κ2) is 4.15. The third kappa shape index (κ3) is 2.31. The van der Waals surface area contributed by atoms with Crippen LogP contribution in [0.3, 0.4) is 0 Å². The monoisotopic (exact) mass is 323 g/mol. The van der Waals surface area contributed by atoms with E-state index in [0.29, 0.717) is 4.47 Å². The van der Waals surface area contributed by atoms with Gasteiger partial charge in [-0.1, -0.05) is 15.9 Å². The number of carboxylic acids is 1. The van der Waals surface area contributed by atoms with Crippen molar-refractivity contribution in [2.45, 2.75) is 24.6 Å². The summed E-state index contributed by atoms with van der Waals surface area (Å²) in [4.78, 5) is 11.0. The first-order valence-corrected chi connectivity index (χ1v) is 5.92. The Morgan fingerprint density at radius 2 is 2.00 bits per heavy atom. The molecule has 0 heterocycles. The molecule has 98 valence electrons. The number of carbonyl (C=O) groups is 1. The Morgan fingerprint density at radius 1 is 1.39 bits per heavy atom. The fraction of sp³-hybridized carbons (Fsp3) is 0.364. The average Bonchev–Trinajstić information content (AvgIpc) is 3.00. The van der Waals surface area contributed by atoms with Crippen LogP contribution in [0.25, 0.3) is 0 Å². The van der Waals surface area contributed by atoms with E-state index in [9.17, 15) is 18.0 Å². The Labute approximate surface area is 109 Å². The van der Waals surface area contributed by atoms with Gasteiger partial charge in [0.25, 0.3) is 0 Å². The van der Waals surface area contributed by atoms with E-state index in [1.54, 1.807) is 0 Å². The van der Waals surface area contributed by atoms with Crippen LogP contribution in [-0.4, -0.2) is 22.8 Å². The quantitative estimate of drug-likeness (QED) is 0.892. The maximum absolute atomic E-state index is 12.8. The van der Waals surface area contributed by atoms with Gasteiger partial charge in [0.15, 0.2) is 0 Å². The van der Waals surface area contributed by atoms with Crippen molar-refractivity contribution < 1.29 is 23.1 Å². The second-order valence-electron chi connectivity index (χ2n) is 4.20. The van der Waals surface area contributed by atoms with E-state index in [1.165, 1.54) is 18.2 Å². The van der Waals surface area contributed by atoms with Gasteiger partial charge >= 0.3 is 12.1 Å². The lowest BCUT2D eigenvalue weighted by Gasteiger charge is -2.23. The summed E-state index contributed by atoms with van der Waals surface area (Å²) in [6, 6.07) is 4.11. The van der Waals surface area contributed by atoms with Crippen LogP contribution >= 0.6 is 15.9 Å². The topological polar surface area (TPSA) is 49.3 Å². The molecule has 2 rings (SSSR count). The first kappa shape index (κ1) is 13.2. The summed E-state index contributed by atoms with van der Waals surface area (Å²) in [6.07, 6.45) is -4.45. The number of halogens is 4. The minimum Gasteiger partial charge on any atom is -0.478 e. The van der Waals surface area contributed by atoms with Crippen LogP contribution in [0.4, 0.5) is 18.9 Å². The maximum atomic E-state index is 12.8. The lowest BCUT2D eigenvalue weighted by Crippen LogP contribution is -2.39. The predicted molar refractivity (Wildman–Crippen MR) is 62.7 cm³/mol. The van der Waals surface area contributed by atoms with E-state index in [0.717, 1.165) is 0 Å². The molecule has 1 aliphatic carbocycles. The van der Waals surface area contributed by atoms with Crippen molar-refractivity contribution in [2.24, 2.45) is 0 Å². The van der Waals surface area contributed by atoms with Crippen molar-refractivity contribution in [3.8, 4) is 0 Å². The van der Waals surface area contributed by atoms with Gasteiger partial charge in [-0.3, -0.25) is 0 Å². The molecule has 7 heteroatoms. The summed E-state index contributed by atoms with van der Waals surface area (Å²) in [7, 11) is 0. The van der Waals surface area contributed by atoms with Crippen LogP contribution in [-0.2, 0) is 0 Å². The van der Waals surface area contributed by atoms with Gasteiger partial charge in [-0.15, -0.1) is 0 Å². The molecule has 18 heavy (non-hydrogen) atoms. The minimum atomic E-state index is -4.38. The molecule has 2 N–H and O–H groups in total. The van der Waals surface area contributed by atoms with Crippen molar-refractivity contribution in [1.29, 1.82) is 0 Å². The molecule has 0 aliphatic heterocycles. The summed E-state index contributed by atoms with van der Waals surface area (Å²) in [5.74, 6) is -1.27. The van der Waals surface area contributed by atoms with Gasteiger partial charge < -0.3 is 10.4 Å². The molecular weight excluding hydrogens is 315 g/mol. The van der Waals surface area contributed by atoms with Crippen molar-refractivity contribution >= 4 is 27.6 Å². The molecule has 0 aromatic heterocycles. The number of hydrogen-bond acceptors (Lipinski definition) is 2. The SMILES string of the molecule is O=C(O)c1cc(Br)ccc1NC1(C(F)(F)F)CC1. The van der Waals surface area contributed by atoms with Gasteiger partial charge in [0, 0.05) is 10.2 Å². The van der Waals surface area contributed by atoms with Crippen molar-refractivity contribution in [2.75, 3.05) is 5.32 Å². The lowest BCUT2D eigenvalue weighted by molar-refractivity contribution is -0.151. The van der Waals surface area contributed by atoms with Crippen LogP contribution in [0.2, 0.25) is 0 Å². The zero-order chi connectivity index (χ0) is 13.6. The van der Waals surface area contributed by atoms with Crippen molar-refractivity contribution in [3.05, 3.63) is 28.2 Å². The zero-order valence-corrected chi connectivity index (χ0v) is 10.6. The molecule has 1 aromatic rings. The molecule has 0 spiro atoms. The number of alkyl halides is 3. The van der Waals surface area contributed by atoms with Gasteiger partial charge in [-0.05, 0) is 31.0 Å². The van der Waals surface area contributed by atoms with Crippen molar-refractivity contribution in [3.63, 3.8) is 0 Å². The molecule has 0 atom stereocenters. The number of carboxylic acid groups (broad SMARTS) is 1. The molecule has 0 bridgehead atoms. The number of benzene rings is 1. The molecule has 3 nitrogen and oxygen atoms in total. The average molecular weight is 324 g/mol. The zero-order valence-electron chi connectivity index (χ0n) is 9.01. The highest BCUT2D eigenvalue weighted by atomic mass is 79.9. The number of hydrogen-bond donors (Lipinski definition) is 2. The Morgan fingerprint density at radius 3 is 2.44 bits per heavy atom. The van der Waals surface area contributed by atoms with E-state index >= 15 is 0 Å². The highest BCUT2D eigenvalue weighted by Gasteiger charge is 2.63. The Bertz CT molecular complexity index is 498. The molecule has 0 radical (unpaired) electrons. The number of rotatable bonds is 3. The number of aromatic carboxylic acids is 1. The highest BCUT2D eigenvalue weighted by molar-refractivity contribution is 9.10. The summed E-state index contributed by atoms with van der Waals surface area (Å²) >= 11 is 3.09. The normalized spacial score (nSPS) is 17.3. The largest absolute Gasteiger partial charge is 0.478 e. The van der Waals surface area contributed by atoms with Gasteiger partial charge in [0.05, 0.1) is 5.56 Å². The van der Waals surface area contributed by atoms with E-state index < -0.39 is 17.7 Å². The Balaban J connectivity index is 2.33. The molecule has 0 amide bonds. The maximum Gasteiger partial charge on any atom is 0.411 e. The van der Waals surface area contributed by atoms with E-state index in [-0.39, 0.29) is 24.1 Å². The standard InChI is InChI=1S/C11H9BrF3NO2/c12-6-1-2-8(7(5-6)9(17)18)16-10(3-4-10)11(13,14)15/h1-2,5,16H,3-4H2,(H,17,18). The summed E-state index contributed by atoms with van der Waals surface area (Å²) in [5.41, 5.74) is -2.16. The third-order valence-corrected chi connectivity index (χ3v) is 3.37. The van der Waals surface area contributed by atoms with Crippen LogP contribution in [0.15, 0.2) is 22.7 Å². The predicted octanol–water partition coefficient (Wildman–Crippen LogP) is 3.65. The molecular formula is C11H9BrF3NO2. The first-order valence-electron chi connectivity index (χ1n) is 5.13. The van der Waals surface area contributed by atoms with Crippen LogP contribution in [0.5, 0.6) is 0 Å². The Kier molecular flexibility index (Phi) is 3.04. The van der Waals surface area contributed by atoms with E-state index in [4.69, 9.17) is 5.11 Å². The minimum absolute atomic E-state index is 0.0134. The van der Waals surface area contributed by atoms with Gasteiger partial charge in [-0.25, -0.2) is 4.79 Å². The smallest absolute Gasteiger partial charge is 0.411 e. The van der Waals surface area contributed by atoms with Gasteiger partial charge in [-0.2, -0.15) is 13.2 Å². The molecule has 0 unspecified atom stereocenters. The fourth-order valence-electron chi connectivity index (χ4n) is 1.66. The number of anilines is 1. The lowest BCUT2D eigenvalue weighted by atomic mass is 10.1. The van der Waals surface area contributed by atoms with Crippen molar-refractivity contribution in [1.82, 2.24) is 0 Å². The third-order valence-electron chi connectivity index (χ3n) is 2.88. The fourth-order valence-corrected chi connectivity index (χ4v) is 2.03. The van der Waals surface area contributed by atoms with E-state index in [1.807, 2.05) is 0 Å². The molecule has 1 fully saturated rings. The van der Waals surface area contributed by atoms with E-state index in [2.05, 4.69) is 21.2 Å². The summed E-state index contributed by atoms with van der Waals surface area (Å²) in [6.45, 7) is 0. The molecule has 0 saturated heterocycles. The molecule has 1 aliphatic rings. The Hall–Kier alpha value is -1.24. The summed E-state index contributed by atoms with van der Waals surface area (Å²) < 4.78 is 38.8.